The Kier molecular flexibility index (Phi) is 6.97. The van der Waals surface area contributed by atoms with Crippen LogP contribution in [0.15, 0.2) is 24.4 Å². The molecule has 1 aliphatic carbocycles. The van der Waals surface area contributed by atoms with Gasteiger partial charge in [0.15, 0.2) is 0 Å². The second kappa shape index (κ2) is 9.43. The lowest BCUT2D eigenvalue weighted by Crippen LogP contribution is -2.38. The maximum atomic E-state index is 12.5. The lowest BCUT2D eigenvalue weighted by Gasteiger charge is -2.29. The number of carbonyl (C=O) groups excluding carboxylic acids is 1. The normalized spacial score (nSPS) is 19.1. The number of aryl methyl sites for hydroxylation is 1. The number of rotatable bonds is 6. The minimum atomic E-state index is -0.110. The summed E-state index contributed by atoms with van der Waals surface area (Å²) in [6.07, 6.45) is 5.46. The monoisotopic (exact) mass is 422 g/mol. The average Bonchev–Trinajstić information content (AvgIpc) is 2.70. The van der Waals surface area contributed by atoms with E-state index in [1.165, 1.54) is 0 Å². The zero-order chi connectivity index (χ0) is 20.1. The third-order valence-corrected chi connectivity index (χ3v) is 5.58. The number of amides is 1. The van der Waals surface area contributed by atoms with E-state index in [0.29, 0.717) is 38.9 Å². The van der Waals surface area contributed by atoms with E-state index in [2.05, 4.69) is 20.6 Å². The number of nitrogens with zero attached hydrogens (tertiary/aromatic N) is 2. The first kappa shape index (κ1) is 20.7. The predicted octanol–water partition coefficient (Wildman–Crippen LogP) is 4.50. The zero-order valence-electron chi connectivity index (χ0n) is 16.0. The van der Waals surface area contributed by atoms with Gasteiger partial charge in [-0.2, -0.15) is 4.98 Å². The Bertz CT molecular complexity index is 839. The third kappa shape index (κ3) is 5.26. The van der Waals surface area contributed by atoms with Crippen molar-refractivity contribution in [3.05, 3.63) is 45.7 Å². The molecule has 1 aliphatic rings. The molecule has 0 aromatic carbocycles. The summed E-state index contributed by atoms with van der Waals surface area (Å²) in [5.74, 6) is 1.57. The number of aromatic nitrogens is 2. The summed E-state index contributed by atoms with van der Waals surface area (Å²) < 4.78 is 5.14. The summed E-state index contributed by atoms with van der Waals surface area (Å²) in [4.78, 5) is 21.0. The van der Waals surface area contributed by atoms with Crippen molar-refractivity contribution in [3.63, 3.8) is 0 Å². The summed E-state index contributed by atoms with van der Waals surface area (Å²) in [5.41, 5.74) is 1.22. The molecule has 0 aliphatic heterocycles. The zero-order valence-corrected chi connectivity index (χ0v) is 17.5. The molecule has 1 fully saturated rings. The van der Waals surface area contributed by atoms with E-state index in [1.807, 2.05) is 6.92 Å². The first-order valence-corrected chi connectivity index (χ1v) is 10.1. The number of carbonyl (C=O) groups is 1. The molecule has 1 amide bonds. The highest BCUT2D eigenvalue weighted by Crippen LogP contribution is 2.27. The number of pyridine rings is 2. The fourth-order valence-electron chi connectivity index (χ4n) is 3.41. The molecule has 28 heavy (non-hydrogen) atoms. The summed E-state index contributed by atoms with van der Waals surface area (Å²) in [6.45, 7) is 2.60. The van der Waals surface area contributed by atoms with Gasteiger partial charge in [0.05, 0.1) is 28.4 Å². The van der Waals surface area contributed by atoms with Gasteiger partial charge in [0.25, 0.3) is 5.91 Å². The molecule has 2 heterocycles. The number of hydrogen-bond acceptors (Lipinski definition) is 5. The second-order valence-electron chi connectivity index (χ2n) is 7.04. The molecule has 0 saturated heterocycles. The van der Waals surface area contributed by atoms with Gasteiger partial charge in [-0.15, -0.1) is 0 Å². The van der Waals surface area contributed by atoms with Crippen LogP contribution in [0.5, 0.6) is 5.88 Å². The van der Waals surface area contributed by atoms with E-state index in [0.717, 1.165) is 32.2 Å². The van der Waals surface area contributed by atoms with E-state index < -0.39 is 0 Å². The molecule has 150 valence electrons. The highest BCUT2D eigenvalue weighted by Gasteiger charge is 2.23. The Morgan fingerprint density at radius 2 is 2.00 bits per heavy atom. The highest BCUT2D eigenvalue weighted by molar-refractivity contribution is 6.32. The molecule has 0 spiro atoms. The molecule has 0 radical (unpaired) electrons. The first-order valence-electron chi connectivity index (χ1n) is 9.33. The van der Waals surface area contributed by atoms with E-state index in [4.69, 9.17) is 27.9 Å². The number of ether oxygens (including phenoxy) is 1. The Labute approximate surface area is 175 Å². The fraction of sp³-hybridized carbons (Fsp3) is 0.450. The van der Waals surface area contributed by atoms with Crippen LogP contribution in [0.2, 0.25) is 10.0 Å². The van der Waals surface area contributed by atoms with Crippen LogP contribution in [0, 0.1) is 12.8 Å². The van der Waals surface area contributed by atoms with Gasteiger partial charge >= 0.3 is 0 Å². The number of anilines is 1. The number of nitrogens with one attached hydrogen (secondary N) is 2. The van der Waals surface area contributed by atoms with E-state index in [1.54, 1.807) is 31.5 Å². The van der Waals surface area contributed by atoms with E-state index in [9.17, 15) is 4.79 Å². The van der Waals surface area contributed by atoms with Gasteiger partial charge in [-0.3, -0.25) is 9.78 Å². The van der Waals surface area contributed by atoms with Crippen LogP contribution in [-0.2, 0) is 0 Å². The SMILES string of the molecule is COc1ccc(Cl)c(NC[C@H]2CC[C@H](NC(=O)c3cc(Cl)cnc3C)CC2)n1. The van der Waals surface area contributed by atoms with Crippen molar-refractivity contribution in [3.8, 4) is 5.88 Å². The van der Waals surface area contributed by atoms with Gasteiger partial charge in [-0.05, 0) is 50.7 Å². The molecule has 2 aromatic heterocycles. The molecular weight excluding hydrogens is 399 g/mol. The highest BCUT2D eigenvalue weighted by atomic mass is 35.5. The van der Waals surface area contributed by atoms with Gasteiger partial charge in [0.2, 0.25) is 5.88 Å². The van der Waals surface area contributed by atoms with Gasteiger partial charge in [0.1, 0.15) is 5.82 Å². The first-order chi connectivity index (χ1) is 13.5. The quantitative estimate of drug-likeness (QED) is 0.716. The molecule has 0 bridgehead atoms. The Hall–Kier alpha value is -2.05. The fourth-order valence-corrected chi connectivity index (χ4v) is 3.74. The van der Waals surface area contributed by atoms with Crippen molar-refractivity contribution in [1.29, 1.82) is 0 Å². The lowest BCUT2D eigenvalue weighted by atomic mass is 9.86. The summed E-state index contributed by atoms with van der Waals surface area (Å²) >= 11 is 12.2. The summed E-state index contributed by atoms with van der Waals surface area (Å²) in [5, 5.41) is 7.48. The van der Waals surface area contributed by atoms with Crippen LogP contribution in [0.4, 0.5) is 5.82 Å². The standard InChI is InChI=1S/C20H24Cl2N4O2/c1-12-16(9-14(21)11-23-12)20(27)25-15-5-3-13(4-6-15)10-24-19-17(22)7-8-18(26-19)28-2/h7-9,11,13,15H,3-6,10H2,1-2H3,(H,24,26)(H,25,27)/t13-,15-. The maximum Gasteiger partial charge on any atom is 0.253 e. The smallest absolute Gasteiger partial charge is 0.253 e. The van der Waals surface area contributed by atoms with Crippen LogP contribution in [0.25, 0.3) is 0 Å². The molecule has 6 nitrogen and oxygen atoms in total. The van der Waals surface area contributed by atoms with Crippen molar-refractivity contribution >= 4 is 34.9 Å². The van der Waals surface area contributed by atoms with Crippen molar-refractivity contribution < 1.29 is 9.53 Å². The van der Waals surface area contributed by atoms with Crippen LogP contribution in [-0.4, -0.2) is 35.6 Å². The molecule has 2 aromatic rings. The number of halogens is 2. The van der Waals surface area contributed by atoms with Gasteiger partial charge in [-0.25, -0.2) is 0 Å². The molecule has 8 heteroatoms. The predicted molar refractivity (Wildman–Crippen MR) is 111 cm³/mol. The molecular formula is C20H24Cl2N4O2. The molecule has 2 N–H and O–H groups in total. The van der Waals surface area contributed by atoms with Crippen LogP contribution in [0.3, 0.4) is 0 Å². The summed E-state index contributed by atoms with van der Waals surface area (Å²) in [7, 11) is 1.58. The minimum Gasteiger partial charge on any atom is -0.481 e. The van der Waals surface area contributed by atoms with Crippen molar-refractivity contribution in [1.82, 2.24) is 15.3 Å². The third-order valence-electron chi connectivity index (χ3n) is 5.07. The number of hydrogen-bond donors (Lipinski definition) is 2. The van der Waals surface area contributed by atoms with Crippen molar-refractivity contribution in [2.24, 2.45) is 5.92 Å². The maximum absolute atomic E-state index is 12.5. The molecule has 0 atom stereocenters. The van der Waals surface area contributed by atoms with E-state index >= 15 is 0 Å². The average molecular weight is 423 g/mol. The van der Waals surface area contributed by atoms with Gasteiger partial charge in [-0.1, -0.05) is 23.2 Å². The largest absolute Gasteiger partial charge is 0.481 e. The van der Waals surface area contributed by atoms with Gasteiger partial charge < -0.3 is 15.4 Å². The lowest BCUT2D eigenvalue weighted by molar-refractivity contribution is 0.0921. The van der Waals surface area contributed by atoms with Crippen LogP contribution >= 0.6 is 23.2 Å². The van der Waals surface area contributed by atoms with Crippen LogP contribution in [0.1, 0.15) is 41.7 Å². The van der Waals surface area contributed by atoms with Gasteiger partial charge in [0, 0.05) is 24.8 Å². The Balaban J connectivity index is 1.48. The van der Waals surface area contributed by atoms with Crippen molar-refractivity contribution in [2.45, 2.75) is 38.6 Å². The molecule has 0 unspecified atom stereocenters. The minimum absolute atomic E-state index is 0.110. The molecule has 1 saturated carbocycles. The van der Waals surface area contributed by atoms with Crippen molar-refractivity contribution in [2.75, 3.05) is 19.0 Å². The number of methoxy groups -OCH3 is 1. The molecule has 3 rings (SSSR count). The topological polar surface area (TPSA) is 76.1 Å². The summed E-state index contributed by atoms with van der Waals surface area (Å²) in [6, 6.07) is 5.34. The van der Waals surface area contributed by atoms with E-state index in [-0.39, 0.29) is 11.9 Å². The Morgan fingerprint density at radius 1 is 1.25 bits per heavy atom. The van der Waals surface area contributed by atoms with Crippen LogP contribution < -0.4 is 15.4 Å². The Morgan fingerprint density at radius 3 is 2.71 bits per heavy atom. The second-order valence-corrected chi connectivity index (χ2v) is 7.89.